The van der Waals surface area contributed by atoms with Gasteiger partial charge in [0.05, 0.1) is 17.0 Å². The molecule has 0 aliphatic carbocycles. The summed E-state index contributed by atoms with van der Waals surface area (Å²) in [6.07, 6.45) is -3.78. The quantitative estimate of drug-likeness (QED) is 0.893. The third-order valence-electron chi connectivity index (χ3n) is 2.48. The Morgan fingerprint density at radius 3 is 2.48 bits per heavy atom. The molecule has 4 nitrogen and oxygen atoms in total. The largest absolute Gasteiger partial charge is 0.418 e. The van der Waals surface area contributed by atoms with Gasteiger partial charge in [-0.1, -0.05) is 11.6 Å². The SMILES string of the molecule is CS(=O)(=O)CCCC(=O)Nc1ccc(Cl)cc1C(F)(F)F. The summed E-state index contributed by atoms with van der Waals surface area (Å²) in [6.45, 7) is 0. The maximum absolute atomic E-state index is 12.8. The minimum atomic E-state index is -4.65. The van der Waals surface area contributed by atoms with Crippen LogP contribution in [0.15, 0.2) is 18.2 Å². The van der Waals surface area contributed by atoms with Gasteiger partial charge in [-0.3, -0.25) is 4.79 Å². The molecule has 0 saturated heterocycles. The van der Waals surface area contributed by atoms with Crippen LogP contribution in [0.5, 0.6) is 0 Å². The first-order valence-corrected chi connectivity index (χ1v) is 8.27. The molecule has 0 atom stereocenters. The Bertz CT molecular complexity index is 629. The van der Waals surface area contributed by atoms with E-state index >= 15 is 0 Å². The van der Waals surface area contributed by atoms with E-state index in [1.165, 1.54) is 6.07 Å². The highest BCUT2D eigenvalue weighted by atomic mass is 35.5. The lowest BCUT2D eigenvalue weighted by atomic mass is 10.1. The standard InChI is InChI=1S/C12H13ClF3NO3S/c1-21(19,20)6-2-3-11(18)17-10-5-4-8(13)7-9(10)12(14,15)16/h4-5,7H,2-3,6H2,1H3,(H,17,18). The van der Waals surface area contributed by atoms with Crippen molar-refractivity contribution in [3.8, 4) is 0 Å². The molecule has 0 fully saturated rings. The van der Waals surface area contributed by atoms with Gasteiger partial charge in [0.25, 0.3) is 0 Å². The van der Waals surface area contributed by atoms with Crippen LogP contribution in [0.2, 0.25) is 5.02 Å². The fourth-order valence-corrected chi connectivity index (χ4v) is 2.41. The number of halogens is 4. The van der Waals surface area contributed by atoms with E-state index in [0.717, 1.165) is 12.3 Å². The van der Waals surface area contributed by atoms with Crippen LogP contribution in [-0.4, -0.2) is 26.3 Å². The molecule has 0 aliphatic rings. The fraction of sp³-hybridized carbons (Fsp3) is 0.417. The topological polar surface area (TPSA) is 63.2 Å². The van der Waals surface area contributed by atoms with Gasteiger partial charge in [-0.15, -0.1) is 0 Å². The minimum Gasteiger partial charge on any atom is -0.326 e. The number of sulfone groups is 1. The molecule has 1 rings (SSSR count). The van der Waals surface area contributed by atoms with Gasteiger partial charge in [-0.2, -0.15) is 13.2 Å². The van der Waals surface area contributed by atoms with Crippen molar-refractivity contribution < 1.29 is 26.4 Å². The Kier molecular flexibility index (Phi) is 5.63. The highest BCUT2D eigenvalue weighted by Crippen LogP contribution is 2.36. The number of nitrogens with one attached hydrogen (secondary N) is 1. The van der Waals surface area contributed by atoms with E-state index < -0.39 is 33.2 Å². The maximum Gasteiger partial charge on any atom is 0.418 e. The molecule has 0 aromatic heterocycles. The molecule has 0 heterocycles. The van der Waals surface area contributed by atoms with Crippen molar-refractivity contribution in [1.82, 2.24) is 0 Å². The number of anilines is 1. The second-order valence-electron chi connectivity index (χ2n) is 4.47. The predicted molar refractivity (Wildman–Crippen MR) is 74.0 cm³/mol. The molecule has 0 aliphatic heterocycles. The Morgan fingerprint density at radius 2 is 1.95 bits per heavy atom. The van der Waals surface area contributed by atoms with Crippen LogP contribution < -0.4 is 5.32 Å². The van der Waals surface area contributed by atoms with Gasteiger partial charge in [0.1, 0.15) is 9.84 Å². The second-order valence-corrected chi connectivity index (χ2v) is 7.17. The summed E-state index contributed by atoms with van der Waals surface area (Å²) in [6, 6.07) is 3.00. The first kappa shape index (κ1) is 17.8. The Hall–Kier alpha value is -1.28. The summed E-state index contributed by atoms with van der Waals surface area (Å²) in [4.78, 5) is 11.6. The normalized spacial score (nSPS) is 12.2. The van der Waals surface area contributed by atoms with Crippen LogP contribution in [0.3, 0.4) is 0 Å². The molecule has 1 amide bonds. The van der Waals surface area contributed by atoms with Crippen LogP contribution in [0, 0.1) is 0 Å². The van der Waals surface area contributed by atoms with E-state index in [1.807, 2.05) is 0 Å². The van der Waals surface area contributed by atoms with E-state index in [2.05, 4.69) is 5.32 Å². The fourth-order valence-electron chi connectivity index (χ4n) is 1.57. The van der Waals surface area contributed by atoms with E-state index in [0.29, 0.717) is 6.07 Å². The molecular weight excluding hydrogens is 331 g/mol. The molecule has 0 radical (unpaired) electrons. The maximum atomic E-state index is 12.8. The Balaban J connectivity index is 2.77. The highest BCUT2D eigenvalue weighted by molar-refractivity contribution is 7.90. The lowest BCUT2D eigenvalue weighted by Crippen LogP contribution is -2.17. The number of carbonyl (C=O) groups is 1. The smallest absolute Gasteiger partial charge is 0.326 e. The second kappa shape index (κ2) is 6.65. The average molecular weight is 344 g/mol. The molecule has 118 valence electrons. The van der Waals surface area contributed by atoms with E-state index in [9.17, 15) is 26.4 Å². The monoisotopic (exact) mass is 343 g/mol. The number of carbonyl (C=O) groups excluding carboxylic acids is 1. The Morgan fingerprint density at radius 1 is 1.33 bits per heavy atom. The van der Waals surface area contributed by atoms with Gasteiger partial charge in [0, 0.05) is 17.7 Å². The molecule has 0 unspecified atom stereocenters. The van der Waals surface area contributed by atoms with Crippen LogP contribution in [0.25, 0.3) is 0 Å². The zero-order chi connectivity index (χ0) is 16.3. The number of hydrogen-bond donors (Lipinski definition) is 1. The lowest BCUT2D eigenvalue weighted by Gasteiger charge is -2.14. The van der Waals surface area contributed by atoms with Crippen molar-refractivity contribution >= 4 is 33.0 Å². The predicted octanol–water partition coefficient (Wildman–Crippen LogP) is 3.12. The van der Waals surface area contributed by atoms with Crippen molar-refractivity contribution in [3.05, 3.63) is 28.8 Å². The molecule has 1 aromatic rings. The number of hydrogen-bond acceptors (Lipinski definition) is 3. The summed E-state index contributed by atoms with van der Waals surface area (Å²) >= 11 is 5.51. The van der Waals surface area contributed by atoms with Crippen molar-refractivity contribution in [2.75, 3.05) is 17.3 Å². The first-order valence-electron chi connectivity index (χ1n) is 5.83. The molecule has 0 bridgehead atoms. The number of rotatable bonds is 5. The molecule has 9 heteroatoms. The van der Waals surface area contributed by atoms with Crippen molar-refractivity contribution in [2.45, 2.75) is 19.0 Å². The zero-order valence-corrected chi connectivity index (χ0v) is 12.6. The van der Waals surface area contributed by atoms with Crippen LogP contribution in [-0.2, 0) is 20.8 Å². The van der Waals surface area contributed by atoms with Crippen molar-refractivity contribution in [1.29, 1.82) is 0 Å². The minimum absolute atomic E-state index is 0.0413. The molecule has 21 heavy (non-hydrogen) atoms. The van der Waals surface area contributed by atoms with Crippen LogP contribution >= 0.6 is 11.6 Å². The lowest BCUT2D eigenvalue weighted by molar-refractivity contribution is -0.137. The summed E-state index contributed by atoms with van der Waals surface area (Å²) < 4.78 is 60.2. The average Bonchev–Trinajstić information content (AvgIpc) is 2.28. The van der Waals surface area contributed by atoms with Gasteiger partial charge in [-0.05, 0) is 24.6 Å². The van der Waals surface area contributed by atoms with Gasteiger partial charge in [0.2, 0.25) is 5.91 Å². The van der Waals surface area contributed by atoms with Crippen molar-refractivity contribution in [3.63, 3.8) is 0 Å². The summed E-state index contributed by atoms with van der Waals surface area (Å²) in [5.41, 5.74) is -1.46. The third-order valence-corrected chi connectivity index (χ3v) is 3.75. The highest BCUT2D eigenvalue weighted by Gasteiger charge is 2.34. The van der Waals surface area contributed by atoms with E-state index in [-0.39, 0.29) is 23.6 Å². The number of alkyl halides is 3. The number of benzene rings is 1. The summed E-state index contributed by atoms with van der Waals surface area (Å²) in [5, 5.41) is 2.02. The molecule has 0 saturated carbocycles. The molecule has 0 spiro atoms. The summed E-state index contributed by atoms with van der Waals surface area (Å²) in [7, 11) is -3.21. The van der Waals surface area contributed by atoms with Gasteiger partial charge >= 0.3 is 6.18 Å². The first-order chi connectivity index (χ1) is 9.49. The zero-order valence-electron chi connectivity index (χ0n) is 11.0. The van der Waals surface area contributed by atoms with Crippen molar-refractivity contribution in [2.24, 2.45) is 0 Å². The number of amides is 1. The van der Waals surface area contributed by atoms with Gasteiger partial charge in [-0.25, -0.2) is 8.42 Å². The Labute approximate surface area is 125 Å². The van der Waals surface area contributed by atoms with Gasteiger partial charge < -0.3 is 5.32 Å². The van der Waals surface area contributed by atoms with Gasteiger partial charge in [0.15, 0.2) is 0 Å². The molecular formula is C12H13ClF3NO3S. The molecule has 1 N–H and O–H groups in total. The molecule has 1 aromatic carbocycles. The van der Waals surface area contributed by atoms with E-state index in [1.54, 1.807) is 0 Å². The van der Waals surface area contributed by atoms with E-state index in [4.69, 9.17) is 11.6 Å². The summed E-state index contributed by atoms with van der Waals surface area (Å²) in [5.74, 6) is -0.890. The van der Waals surface area contributed by atoms with Crippen LogP contribution in [0.4, 0.5) is 18.9 Å². The van der Waals surface area contributed by atoms with Crippen LogP contribution in [0.1, 0.15) is 18.4 Å². The third kappa shape index (κ3) is 6.34.